The average molecular weight is 229 g/mol. The number of fused-ring (bicyclic) bond motifs is 1. The van der Waals surface area contributed by atoms with Crippen LogP contribution in [0.5, 0.6) is 5.75 Å². The van der Waals surface area contributed by atoms with Gasteiger partial charge in [0.05, 0.1) is 17.2 Å². The van der Waals surface area contributed by atoms with Crippen LogP contribution in [0.1, 0.15) is 6.42 Å². The van der Waals surface area contributed by atoms with E-state index >= 15 is 0 Å². The first-order valence-corrected chi connectivity index (χ1v) is 4.91. The van der Waals surface area contributed by atoms with Crippen molar-refractivity contribution in [1.29, 1.82) is 0 Å². The maximum atomic E-state index is 10.6. The van der Waals surface area contributed by atoms with E-state index in [2.05, 4.69) is 5.32 Å². The number of nitro groups is 1. The second kappa shape index (κ2) is 3.94. The lowest BCUT2D eigenvalue weighted by Gasteiger charge is -2.07. The number of hydrogen-bond acceptors (Lipinski definition) is 4. The number of nitro benzene ring substituents is 1. The van der Waals surface area contributed by atoms with Crippen LogP contribution < -0.4 is 10.1 Å². The Bertz CT molecular complexity index is 409. The van der Waals surface area contributed by atoms with E-state index in [1.165, 1.54) is 12.1 Å². The molecule has 5 nitrogen and oxygen atoms in total. The molecule has 0 radical (unpaired) electrons. The minimum Gasteiger partial charge on any atom is -0.491 e. The summed E-state index contributed by atoms with van der Waals surface area (Å²) in [6.07, 6.45) is 0.861. The third-order valence-corrected chi connectivity index (χ3v) is 2.44. The molecule has 80 valence electrons. The van der Waals surface area contributed by atoms with Gasteiger partial charge < -0.3 is 10.1 Å². The summed E-state index contributed by atoms with van der Waals surface area (Å²) in [5, 5.41) is 13.8. The van der Waals surface area contributed by atoms with Gasteiger partial charge in [0.25, 0.3) is 5.69 Å². The first kappa shape index (κ1) is 10.0. The van der Waals surface area contributed by atoms with Gasteiger partial charge in [-0.15, -0.1) is 0 Å². The summed E-state index contributed by atoms with van der Waals surface area (Å²) in [5.41, 5.74) is 0.525. The Morgan fingerprint density at radius 1 is 1.53 bits per heavy atom. The van der Waals surface area contributed by atoms with Gasteiger partial charge in [0.15, 0.2) is 0 Å². The second-order valence-electron chi connectivity index (χ2n) is 3.19. The van der Waals surface area contributed by atoms with Crippen molar-refractivity contribution in [3.8, 4) is 5.75 Å². The van der Waals surface area contributed by atoms with Crippen LogP contribution in [0, 0.1) is 10.1 Å². The molecule has 1 aromatic rings. The number of nitrogens with zero attached hydrogens (tertiary/aromatic N) is 1. The number of benzene rings is 1. The third kappa shape index (κ3) is 1.97. The minimum absolute atomic E-state index is 0.0995. The van der Waals surface area contributed by atoms with Crippen LogP contribution in [0.25, 0.3) is 0 Å². The largest absolute Gasteiger partial charge is 0.491 e. The number of rotatable bonds is 1. The molecular weight excluding hydrogens is 220 g/mol. The summed E-state index contributed by atoms with van der Waals surface area (Å²) in [5.74, 6) is 0.572. The zero-order chi connectivity index (χ0) is 10.8. The average Bonchev–Trinajstić information content (AvgIpc) is 2.40. The standard InChI is InChI=1S/C9H9ClN2O3/c10-6-4-9-7(5-8(6)12(13)14)11-2-1-3-15-9/h4-5,11H,1-3H2. The lowest BCUT2D eigenvalue weighted by molar-refractivity contribution is -0.384. The Kier molecular flexibility index (Phi) is 2.64. The Morgan fingerprint density at radius 2 is 2.33 bits per heavy atom. The van der Waals surface area contributed by atoms with E-state index in [1.807, 2.05) is 0 Å². The van der Waals surface area contributed by atoms with Crippen molar-refractivity contribution in [2.24, 2.45) is 0 Å². The third-order valence-electron chi connectivity index (χ3n) is 2.14. The van der Waals surface area contributed by atoms with E-state index in [0.29, 0.717) is 18.0 Å². The normalized spacial score (nSPS) is 14.5. The van der Waals surface area contributed by atoms with Crippen molar-refractivity contribution in [3.05, 3.63) is 27.3 Å². The topological polar surface area (TPSA) is 64.4 Å². The van der Waals surface area contributed by atoms with Crippen molar-refractivity contribution < 1.29 is 9.66 Å². The van der Waals surface area contributed by atoms with Crippen LogP contribution in [0.2, 0.25) is 5.02 Å². The Balaban J connectivity index is 2.47. The molecule has 1 heterocycles. The van der Waals surface area contributed by atoms with Crippen LogP contribution in [0.15, 0.2) is 12.1 Å². The van der Waals surface area contributed by atoms with Gasteiger partial charge in [0, 0.05) is 18.7 Å². The summed E-state index contributed by atoms with van der Waals surface area (Å²) in [6.45, 7) is 1.33. The predicted octanol–water partition coefficient (Wildman–Crippen LogP) is 2.44. The number of halogens is 1. The molecule has 6 heteroatoms. The maximum Gasteiger partial charge on any atom is 0.290 e. The Labute approximate surface area is 91.1 Å². The molecule has 0 fully saturated rings. The lowest BCUT2D eigenvalue weighted by atomic mass is 10.2. The van der Waals surface area contributed by atoms with Gasteiger partial charge in [0.2, 0.25) is 0 Å². The summed E-state index contributed by atoms with van der Waals surface area (Å²) in [4.78, 5) is 10.1. The molecule has 1 aliphatic heterocycles. The molecule has 0 amide bonds. The quantitative estimate of drug-likeness (QED) is 0.592. The second-order valence-corrected chi connectivity index (χ2v) is 3.59. The highest BCUT2D eigenvalue weighted by molar-refractivity contribution is 6.33. The molecule has 1 aliphatic rings. The molecule has 0 saturated carbocycles. The first-order chi connectivity index (χ1) is 7.18. The molecular formula is C9H9ClN2O3. The van der Waals surface area contributed by atoms with Crippen molar-refractivity contribution in [2.45, 2.75) is 6.42 Å². The Morgan fingerprint density at radius 3 is 3.07 bits per heavy atom. The lowest BCUT2D eigenvalue weighted by Crippen LogP contribution is -2.00. The maximum absolute atomic E-state index is 10.6. The molecule has 0 atom stereocenters. The SMILES string of the molecule is O=[N+]([O-])c1cc2c(cc1Cl)OCCCN2. The number of anilines is 1. The van der Waals surface area contributed by atoms with Gasteiger partial charge >= 0.3 is 0 Å². The molecule has 1 aromatic carbocycles. The van der Waals surface area contributed by atoms with E-state index in [1.54, 1.807) is 0 Å². The van der Waals surface area contributed by atoms with Crippen LogP contribution in [0.4, 0.5) is 11.4 Å². The van der Waals surface area contributed by atoms with Gasteiger partial charge in [0.1, 0.15) is 10.8 Å². The van der Waals surface area contributed by atoms with E-state index in [0.717, 1.165) is 13.0 Å². The molecule has 0 saturated heterocycles. The fourth-order valence-corrected chi connectivity index (χ4v) is 1.64. The van der Waals surface area contributed by atoms with Crippen molar-refractivity contribution >= 4 is 23.0 Å². The molecule has 0 aliphatic carbocycles. The monoisotopic (exact) mass is 228 g/mol. The highest BCUT2D eigenvalue weighted by Gasteiger charge is 2.18. The summed E-state index contributed by atoms with van der Waals surface area (Å²) < 4.78 is 5.39. The molecule has 0 bridgehead atoms. The zero-order valence-corrected chi connectivity index (χ0v) is 8.58. The van der Waals surface area contributed by atoms with Crippen LogP contribution in [-0.4, -0.2) is 18.1 Å². The van der Waals surface area contributed by atoms with Gasteiger partial charge in [-0.3, -0.25) is 10.1 Å². The Hall–Kier alpha value is -1.49. The number of nitrogens with one attached hydrogen (secondary N) is 1. The predicted molar refractivity (Wildman–Crippen MR) is 56.7 cm³/mol. The highest BCUT2D eigenvalue weighted by Crippen LogP contribution is 2.36. The molecule has 2 rings (SSSR count). The summed E-state index contributed by atoms with van der Waals surface area (Å²) >= 11 is 5.76. The van der Waals surface area contributed by atoms with Gasteiger partial charge in [-0.1, -0.05) is 11.6 Å². The zero-order valence-electron chi connectivity index (χ0n) is 7.83. The van der Waals surface area contributed by atoms with Crippen LogP contribution >= 0.6 is 11.6 Å². The number of hydrogen-bond donors (Lipinski definition) is 1. The fraction of sp³-hybridized carbons (Fsp3) is 0.333. The van der Waals surface area contributed by atoms with Crippen molar-refractivity contribution in [1.82, 2.24) is 0 Å². The molecule has 0 aromatic heterocycles. The van der Waals surface area contributed by atoms with Crippen molar-refractivity contribution in [2.75, 3.05) is 18.5 Å². The van der Waals surface area contributed by atoms with Gasteiger partial charge in [-0.2, -0.15) is 0 Å². The van der Waals surface area contributed by atoms with Crippen molar-refractivity contribution in [3.63, 3.8) is 0 Å². The fourth-order valence-electron chi connectivity index (χ4n) is 1.42. The van der Waals surface area contributed by atoms with E-state index in [-0.39, 0.29) is 10.7 Å². The van der Waals surface area contributed by atoms with E-state index in [4.69, 9.17) is 16.3 Å². The highest BCUT2D eigenvalue weighted by atomic mass is 35.5. The first-order valence-electron chi connectivity index (χ1n) is 4.53. The van der Waals surface area contributed by atoms with Crippen LogP contribution in [-0.2, 0) is 0 Å². The molecule has 0 unspecified atom stereocenters. The number of ether oxygens (including phenoxy) is 1. The van der Waals surface area contributed by atoms with E-state index in [9.17, 15) is 10.1 Å². The van der Waals surface area contributed by atoms with Gasteiger partial charge in [-0.05, 0) is 6.42 Å². The van der Waals surface area contributed by atoms with Gasteiger partial charge in [-0.25, -0.2) is 0 Å². The summed E-state index contributed by atoms with van der Waals surface area (Å²) in [6, 6.07) is 2.89. The molecule has 1 N–H and O–H groups in total. The van der Waals surface area contributed by atoms with Crippen LogP contribution in [0.3, 0.4) is 0 Å². The smallest absolute Gasteiger partial charge is 0.290 e. The summed E-state index contributed by atoms with van der Waals surface area (Å²) in [7, 11) is 0. The molecule has 0 spiro atoms. The van der Waals surface area contributed by atoms with E-state index < -0.39 is 4.92 Å². The molecule has 15 heavy (non-hydrogen) atoms. The minimum atomic E-state index is -0.505.